The molecule has 6 aliphatic rings. The summed E-state index contributed by atoms with van der Waals surface area (Å²) in [5.74, 6) is -0.237. The minimum Gasteiger partial charge on any atom is -0.373 e. The number of amides is 3. The monoisotopic (exact) mass is 1660 g/mol. The minimum absolute atomic E-state index is 0.0000172. The quantitative estimate of drug-likeness (QED) is 0.0449. The zero-order valence-electron chi connectivity index (χ0n) is 64.9. The maximum atomic E-state index is 13.4. The summed E-state index contributed by atoms with van der Waals surface area (Å²) in [6, 6.07) is 32.8. The van der Waals surface area contributed by atoms with Gasteiger partial charge in [-0.25, -0.2) is 0 Å². The van der Waals surface area contributed by atoms with E-state index in [4.69, 9.17) is 14.2 Å². The molecule has 2 N–H and O–H groups in total. The third kappa shape index (κ3) is 21.0. The maximum absolute atomic E-state index is 13.4. The van der Waals surface area contributed by atoms with E-state index in [2.05, 4.69) is 32.2 Å². The molecule has 0 spiro atoms. The van der Waals surface area contributed by atoms with Crippen molar-refractivity contribution in [1.82, 2.24) is 25.3 Å². The molecule has 14 nitrogen and oxygen atoms in total. The van der Waals surface area contributed by atoms with E-state index in [1.54, 1.807) is 39.8 Å². The lowest BCUT2D eigenvalue weighted by Gasteiger charge is -2.50. The van der Waals surface area contributed by atoms with Crippen LogP contribution in [0.2, 0.25) is 0 Å². The van der Waals surface area contributed by atoms with E-state index in [0.717, 1.165) is 42.4 Å². The molecule has 5 aliphatic heterocycles. The highest BCUT2D eigenvalue weighted by molar-refractivity contribution is 5.96. The number of carbonyl (C=O) groups is 3. The van der Waals surface area contributed by atoms with Gasteiger partial charge in [-0.2, -0.15) is 79.0 Å². The van der Waals surface area contributed by atoms with Crippen molar-refractivity contribution >= 4 is 36.7 Å². The number of nitrogens with one attached hydrogen (secondary N) is 2. The van der Waals surface area contributed by atoms with Crippen LogP contribution >= 0.6 is 0 Å². The lowest BCUT2D eigenvalue weighted by atomic mass is 9.63. The van der Waals surface area contributed by atoms with Crippen LogP contribution in [0.5, 0.6) is 0 Å². The summed E-state index contributed by atoms with van der Waals surface area (Å²) >= 11 is 0. The maximum Gasteiger partial charge on any atom is 0.416 e. The Morgan fingerprint density at radius 3 is 0.915 bits per heavy atom. The minimum atomic E-state index is -4.94. The van der Waals surface area contributed by atoms with Crippen LogP contribution in [0.15, 0.2) is 173 Å². The van der Waals surface area contributed by atoms with Gasteiger partial charge in [0.25, 0.3) is 0 Å². The molecule has 3 amide bonds. The Morgan fingerprint density at radius 2 is 0.667 bits per heavy atom. The summed E-state index contributed by atoms with van der Waals surface area (Å²) in [6.45, 7) is 13.5. The van der Waals surface area contributed by atoms with Gasteiger partial charge in [0.15, 0.2) is 0 Å². The van der Waals surface area contributed by atoms with Gasteiger partial charge in [0.2, 0.25) is 17.7 Å². The highest BCUT2D eigenvalue weighted by Crippen LogP contribution is 2.51. The van der Waals surface area contributed by atoms with E-state index in [9.17, 15) is 93.4 Å². The van der Waals surface area contributed by atoms with Gasteiger partial charge in [-0.3, -0.25) is 44.1 Å². The second kappa shape index (κ2) is 35.9. The zero-order valence-corrected chi connectivity index (χ0v) is 64.9. The number of benzene rings is 6. The number of alkyl halides is 18. The van der Waals surface area contributed by atoms with Crippen molar-refractivity contribution in [3.8, 4) is 0 Å². The number of aliphatic imine (C=N–C) groups is 3. The van der Waals surface area contributed by atoms with E-state index in [1.165, 1.54) is 20.8 Å². The fourth-order valence-corrected chi connectivity index (χ4v) is 16.6. The Balaban J connectivity index is 0.000000185. The molecular weight excluding hydrogens is 1570 g/mol. The van der Waals surface area contributed by atoms with Crippen LogP contribution in [-0.2, 0) is 82.1 Å². The molecule has 1 aliphatic carbocycles. The Kier molecular flexibility index (Phi) is 27.7. The molecule has 0 aromatic heterocycles. The van der Waals surface area contributed by atoms with E-state index >= 15 is 0 Å². The second-order valence-electron chi connectivity index (χ2n) is 31.0. The molecule has 32 heteroatoms. The number of rotatable bonds is 24. The second-order valence-corrected chi connectivity index (χ2v) is 31.0. The van der Waals surface area contributed by atoms with Crippen LogP contribution in [0.1, 0.15) is 203 Å². The summed E-state index contributed by atoms with van der Waals surface area (Å²) in [5.41, 5.74) is -9.70. The third-order valence-electron chi connectivity index (χ3n) is 23.3. The van der Waals surface area contributed by atoms with Crippen molar-refractivity contribution in [1.29, 1.82) is 0 Å². The number of carbonyl (C=O) groups excluding carboxylic acids is 3. The smallest absolute Gasteiger partial charge is 0.373 e. The largest absolute Gasteiger partial charge is 0.416 e. The number of ether oxygens (including phenoxy) is 3. The van der Waals surface area contributed by atoms with Crippen molar-refractivity contribution in [3.05, 3.63) is 225 Å². The highest BCUT2D eigenvalue weighted by atomic mass is 19.4. The molecule has 6 aromatic rings. The number of halogens is 18. The van der Waals surface area contributed by atoms with Crippen LogP contribution in [0.25, 0.3) is 0 Å². The lowest BCUT2D eigenvalue weighted by Crippen LogP contribution is -2.64. The van der Waals surface area contributed by atoms with Crippen molar-refractivity contribution in [2.45, 2.75) is 207 Å². The number of piperidine rings is 2. The van der Waals surface area contributed by atoms with Crippen LogP contribution in [0.4, 0.5) is 79.0 Å². The normalized spacial score (nSPS) is 24.8. The highest BCUT2D eigenvalue weighted by Gasteiger charge is 2.53. The van der Waals surface area contributed by atoms with Gasteiger partial charge in [0, 0.05) is 18.5 Å². The molecule has 0 radical (unpaired) electrons. The van der Waals surface area contributed by atoms with Crippen molar-refractivity contribution in [3.63, 3.8) is 0 Å². The van der Waals surface area contributed by atoms with Gasteiger partial charge < -0.3 is 24.8 Å². The van der Waals surface area contributed by atoms with Crippen molar-refractivity contribution in [2.75, 3.05) is 52.5 Å². The average Bonchev–Trinajstić information content (AvgIpc) is 1.73. The van der Waals surface area contributed by atoms with E-state index in [0.29, 0.717) is 107 Å². The SMILES string of the molecule is C=CCC1(N2C=NCC2=O)CCC(CO[C@H](C)c2cc(C(F)(F)F)cc(C(F)(F)F)c2)(c2ccccc2)CC1.CCC[C@]1(N2C=NCC2=O)CC[C@@](CO[C@H](C)c2cc(C(F)(F)F)cc(C(F)(F)F)c2)(c2ccccc2)NC1.CCC[C@]1(N2C=NCC2=O)CC[C@@](CO[C@H](C)c2cc(C(F)(F)F)cc(C(F)(F)F)c2)(c2ccccc2)NC1. The summed E-state index contributed by atoms with van der Waals surface area (Å²) in [6.07, 6.45) is -17.9. The third-order valence-corrected chi connectivity index (χ3v) is 23.3. The molecule has 5 heterocycles. The predicted molar refractivity (Wildman–Crippen MR) is 403 cm³/mol. The zero-order chi connectivity index (χ0) is 85.4. The van der Waals surface area contributed by atoms with E-state index in [1.807, 2.05) is 105 Å². The van der Waals surface area contributed by atoms with Crippen molar-refractivity contribution in [2.24, 2.45) is 15.0 Å². The number of hydrogen-bond acceptors (Lipinski definition) is 11. The summed E-state index contributed by atoms with van der Waals surface area (Å²) in [7, 11) is 0. The first-order valence-corrected chi connectivity index (χ1v) is 38.4. The Bertz CT molecular complexity index is 4200. The van der Waals surface area contributed by atoms with E-state index in [-0.39, 0.29) is 92.1 Å². The average molecular weight is 1660 g/mol. The molecule has 1 saturated carbocycles. The van der Waals surface area contributed by atoms with Gasteiger partial charge in [0.05, 0.1) is 118 Å². The first kappa shape index (κ1) is 90.3. The fraction of sp³-hybridized carbons (Fsp3) is 0.482. The van der Waals surface area contributed by atoms with E-state index < -0.39 is 122 Å². The van der Waals surface area contributed by atoms with Crippen LogP contribution in [0.3, 0.4) is 0 Å². The van der Waals surface area contributed by atoms with Gasteiger partial charge in [-0.05, 0) is 179 Å². The molecule has 117 heavy (non-hydrogen) atoms. The first-order valence-electron chi connectivity index (χ1n) is 38.4. The Morgan fingerprint density at radius 1 is 0.393 bits per heavy atom. The van der Waals surface area contributed by atoms with Gasteiger partial charge in [-0.1, -0.05) is 124 Å². The standard InChI is InChI=1S/C29H30F6N2O2.2C28H31F6N3O2/c1-3-9-27(37-19-36-17-25(37)38)12-10-26(11-13-27,22-7-5-4-6-8-22)18-39-20(2)21-14-23(28(30,31)32)16-24(15-21)29(33,34)35;2*1-3-9-25(37-18-35-15-24(37)38)10-11-26(36-16-25,21-7-5-4-6-8-21)17-39-19(2)20-12-22(27(29,30)31)14-23(13-20)28(32,33)34/h3-8,14-16,19-20H,1,9-13,17-18H2,2H3;2*4-8,12-14,18-19,36H,3,9-11,15-17H2,1-2H3/t20-,26?,27?;2*19-,25+,26-/m111/s1. The Hall–Kier alpha value is -8.98. The molecule has 0 unspecified atom stereocenters. The predicted octanol–water partition coefficient (Wildman–Crippen LogP) is 20.5. The molecule has 2 saturated heterocycles. The molecule has 3 fully saturated rings. The molecular formula is C85H92F18N8O6. The van der Waals surface area contributed by atoms with Gasteiger partial charge in [-0.15, -0.1) is 6.58 Å². The first-order chi connectivity index (χ1) is 54.9. The van der Waals surface area contributed by atoms with Gasteiger partial charge >= 0.3 is 37.1 Å². The molecule has 634 valence electrons. The topological polar surface area (TPSA) is 150 Å². The fourth-order valence-electron chi connectivity index (χ4n) is 16.6. The molecule has 0 bridgehead atoms. The van der Waals surface area contributed by atoms with Crippen molar-refractivity contribution < 1.29 is 108 Å². The molecule has 6 aromatic carbocycles. The van der Waals surface area contributed by atoms with Gasteiger partial charge in [0.1, 0.15) is 19.6 Å². The van der Waals surface area contributed by atoms with Crippen LogP contribution in [0, 0.1) is 0 Å². The molecule has 12 rings (SSSR count). The number of hydrogen-bond donors (Lipinski definition) is 2. The summed E-state index contributed by atoms with van der Waals surface area (Å²) in [4.78, 5) is 55.1. The number of nitrogens with zero attached hydrogens (tertiary/aromatic N) is 6. The summed E-state index contributed by atoms with van der Waals surface area (Å²) < 4.78 is 259. The Labute approximate surface area is 666 Å². The van der Waals surface area contributed by atoms with Crippen LogP contribution < -0.4 is 10.6 Å². The lowest BCUT2D eigenvalue weighted by molar-refractivity contribution is -0.145. The van der Waals surface area contributed by atoms with Crippen LogP contribution in [-0.4, -0.2) is 121 Å². The molecule has 7 atom stereocenters. The summed E-state index contributed by atoms with van der Waals surface area (Å²) in [5, 5.41) is 7.12.